The molecule has 0 radical (unpaired) electrons. The van der Waals surface area contributed by atoms with E-state index in [4.69, 9.17) is 0 Å². The second kappa shape index (κ2) is 3.99. The van der Waals surface area contributed by atoms with Crippen LogP contribution in [0.5, 0.6) is 0 Å². The van der Waals surface area contributed by atoms with Crippen molar-refractivity contribution in [3.63, 3.8) is 0 Å². The molecule has 6 nitrogen and oxygen atoms in total. The molecular formula is C8H11N3O3. The third-order valence-electron chi connectivity index (χ3n) is 1.87. The second-order valence-corrected chi connectivity index (χ2v) is 2.81. The summed E-state index contributed by atoms with van der Waals surface area (Å²) < 4.78 is 5.90. The highest BCUT2D eigenvalue weighted by molar-refractivity contribution is 6.03. The first-order valence-corrected chi connectivity index (χ1v) is 4.02. The average molecular weight is 197 g/mol. The Morgan fingerprint density at radius 1 is 1.43 bits per heavy atom. The van der Waals surface area contributed by atoms with Gasteiger partial charge in [0.15, 0.2) is 0 Å². The predicted octanol–water partition coefficient (Wildman–Crippen LogP) is -0.131. The van der Waals surface area contributed by atoms with Gasteiger partial charge in [0, 0.05) is 7.05 Å². The topological polar surface area (TPSA) is 74.1 Å². The Bertz CT molecular complexity index is 370. The largest absolute Gasteiger partial charge is 0.469 e. The van der Waals surface area contributed by atoms with Gasteiger partial charge < -0.3 is 9.30 Å². The molecule has 76 valence electrons. The van der Waals surface area contributed by atoms with E-state index in [0.717, 1.165) is 0 Å². The molecule has 0 bridgehead atoms. The smallest absolute Gasteiger partial charge is 0.313 e. The number of esters is 1. The van der Waals surface area contributed by atoms with E-state index in [1.165, 1.54) is 11.7 Å². The van der Waals surface area contributed by atoms with Gasteiger partial charge in [0.1, 0.15) is 12.2 Å². The van der Waals surface area contributed by atoms with Crippen LogP contribution in [-0.4, -0.2) is 33.6 Å². The highest BCUT2D eigenvalue weighted by atomic mass is 16.5. The molecule has 0 amide bonds. The van der Waals surface area contributed by atoms with Gasteiger partial charge in [0.2, 0.25) is 11.6 Å². The van der Waals surface area contributed by atoms with E-state index in [1.807, 2.05) is 0 Å². The summed E-state index contributed by atoms with van der Waals surface area (Å²) >= 11 is 0. The Labute approximate surface area is 80.9 Å². The summed E-state index contributed by atoms with van der Waals surface area (Å²) in [6, 6.07) is 0. The van der Waals surface area contributed by atoms with Crippen molar-refractivity contribution in [2.24, 2.45) is 7.05 Å². The van der Waals surface area contributed by atoms with Crippen LogP contribution in [0.1, 0.15) is 22.9 Å². The number of aryl methyl sites for hydroxylation is 1. The summed E-state index contributed by atoms with van der Waals surface area (Å²) in [6.07, 6.45) is -0.303. The van der Waals surface area contributed by atoms with E-state index < -0.39 is 5.97 Å². The number of rotatable bonds is 3. The van der Waals surface area contributed by atoms with E-state index in [0.29, 0.717) is 5.82 Å². The number of carbonyl (C=O) groups excluding carboxylic acids is 2. The number of hydrogen-bond acceptors (Lipinski definition) is 5. The zero-order valence-corrected chi connectivity index (χ0v) is 8.27. The average Bonchev–Trinajstić information content (AvgIpc) is 2.47. The quantitative estimate of drug-likeness (QED) is 0.383. The molecule has 0 atom stereocenters. The fraction of sp³-hybridized carbons (Fsp3) is 0.500. The number of carbonyl (C=O) groups is 2. The maximum atomic E-state index is 11.4. The maximum Gasteiger partial charge on any atom is 0.313 e. The normalized spacial score (nSPS) is 9.93. The molecular weight excluding hydrogens is 186 g/mol. The van der Waals surface area contributed by atoms with Crippen molar-refractivity contribution < 1.29 is 14.3 Å². The van der Waals surface area contributed by atoms with E-state index in [1.54, 1.807) is 14.0 Å². The van der Waals surface area contributed by atoms with Crippen LogP contribution in [0.3, 0.4) is 0 Å². The molecule has 6 heteroatoms. The molecule has 0 unspecified atom stereocenters. The zero-order chi connectivity index (χ0) is 10.7. The predicted molar refractivity (Wildman–Crippen MR) is 46.7 cm³/mol. The Balaban J connectivity index is 2.80. The fourth-order valence-electron chi connectivity index (χ4n) is 0.932. The Morgan fingerprint density at radius 2 is 2.07 bits per heavy atom. The summed E-state index contributed by atoms with van der Waals surface area (Å²) in [5.41, 5.74) is 0. The lowest BCUT2D eigenvalue weighted by molar-refractivity contribution is -0.139. The highest BCUT2D eigenvalue weighted by Gasteiger charge is 2.17. The van der Waals surface area contributed by atoms with Gasteiger partial charge in [-0.05, 0) is 6.92 Å². The minimum absolute atomic E-state index is 0.174. The lowest BCUT2D eigenvalue weighted by atomic mass is 10.3. The number of hydrogen-bond donors (Lipinski definition) is 0. The number of nitrogens with zero attached hydrogens (tertiary/aromatic N) is 3. The van der Waals surface area contributed by atoms with Crippen LogP contribution < -0.4 is 0 Å². The minimum Gasteiger partial charge on any atom is -0.469 e. The molecule has 14 heavy (non-hydrogen) atoms. The van der Waals surface area contributed by atoms with E-state index >= 15 is 0 Å². The first-order valence-electron chi connectivity index (χ1n) is 4.02. The number of Topliss-reactive ketones (excluding diaryl/α,β-unsaturated/α-hetero) is 1. The minimum atomic E-state index is -0.573. The van der Waals surface area contributed by atoms with E-state index in [2.05, 4.69) is 14.9 Å². The fourth-order valence-corrected chi connectivity index (χ4v) is 0.932. The highest BCUT2D eigenvalue weighted by Crippen LogP contribution is 2.02. The lowest BCUT2D eigenvalue weighted by Crippen LogP contribution is -2.14. The van der Waals surface area contributed by atoms with Crippen LogP contribution in [0.2, 0.25) is 0 Å². The molecule has 0 saturated heterocycles. The van der Waals surface area contributed by atoms with Gasteiger partial charge in [-0.15, -0.1) is 10.2 Å². The van der Waals surface area contributed by atoms with Crippen molar-refractivity contribution in [2.45, 2.75) is 13.3 Å². The zero-order valence-electron chi connectivity index (χ0n) is 8.27. The molecule has 0 aliphatic carbocycles. The monoisotopic (exact) mass is 197 g/mol. The standard InChI is InChI=1S/C8H11N3O3/c1-5-9-10-8(11(5)2)6(12)4-7(13)14-3/h4H2,1-3H3. The summed E-state index contributed by atoms with van der Waals surface area (Å²) in [5, 5.41) is 7.37. The number of methoxy groups -OCH3 is 1. The molecule has 0 spiro atoms. The van der Waals surface area contributed by atoms with Crippen molar-refractivity contribution in [1.82, 2.24) is 14.8 Å². The molecule has 0 N–H and O–H groups in total. The number of ketones is 1. The first-order chi connectivity index (χ1) is 6.56. The maximum absolute atomic E-state index is 11.4. The van der Waals surface area contributed by atoms with Crippen LogP contribution in [0.25, 0.3) is 0 Å². The summed E-state index contributed by atoms with van der Waals surface area (Å²) in [6.45, 7) is 1.72. The molecule has 0 aromatic carbocycles. The summed E-state index contributed by atoms with van der Waals surface area (Å²) in [4.78, 5) is 22.2. The molecule has 0 saturated carbocycles. The number of aromatic nitrogens is 3. The Hall–Kier alpha value is -1.72. The SMILES string of the molecule is COC(=O)CC(=O)c1nnc(C)n1C. The van der Waals surface area contributed by atoms with Crippen LogP contribution in [0.15, 0.2) is 0 Å². The Kier molecular flexibility index (Phi) is 2.95. The van der Waals surface area contributed by atoms with Crippen LogP contribution in [-0.2, 0) is 16.6 Å². The van der Waals surface area contributed by atoms with E-state index in [-0.39, 0.29) is 18.0 Å². The molecule has 1 aromatic heterocycles. The van der Waals surface area contributed by atoms with Crippen molar-refractivity contribution in [1.29, 1.82) is 0 Å². The van der Waals surface area contributed by atoms with Gasteiger partial charge in [-0.1, -0.05) is 0 Å². The molecule has 0 fully saturated rings. The van der Waals surface area contributed by atoms with Gasteiger partial charge >= 0.3 is 5.97 Å². The van der Waals surface area contributed by atoms with Gasteiger partial charge in [-0.2, -0.15) is 0 Å². The van der Waals surface area contributed by atoms with Crippen molar-refractivity contribution in [3.05, 3.63) is 11.6 Å². The molecule has 1 aromatic rings. The molecule has 1 rings (SSSR count). The van der Waals surface area contributed by atoms with Gasteiger partial charge in [-0.25, -0.2) is 0 Å². The number of ether oxygens (including phenoxy) is 1. The first kappa shape index (κ1) is 10.4. The second-order valence-electron chi connectivity index (χ2n) is 2.81. The summed E-state index contributed by atoms with van der Waals surface area (Å²) in [7, 11) is 2.90. The van der Waals surface area contributed by atoms with E-state index in [9.17, 15) is 9.59 Å². The van der Waals surface area contributed by atoms with Crippen LogP contribution >= 0.6 is 0 Å². The van der Waals surface area contributed by atoms with Crippen molar-refractivity contribution in [2.75, 3.05) is 7.11 Å². The molecule has 0 aliphatic heterocycles. The lowest BCUT2D eigenvalue weighted by Gasteiger charge is -1.99. The summed E-state index contributed by atoms with van der Waals surface area (Å²) in [5.74, 6) is -0.165. The molecule has 1 heterocycles. The van der Waals surface area contributed by atoms with Gasteiger partial charge in [0.25, 0.3) is 0 Å². The third-order valence-corrected chi connectivity index (χ3v) is 1.87. The van der Waals surface area contributed by atoms with Crippen LogP contribution in [0.4, 0.5) is 0 Å². The van der Waals surface area contributed by atoms with Gasteiger partial charge in [-0.3, -0.25) is 9.59 Å². The van der Waals surface area contributed by atoms with Crippen LogP contribution in [0, 0.1) is 6.92 Å². The molecule has 0 aliphatic rings. The van der Waals surface area contributed by atoms with Crippen molar-refractivity contribution >= 4 is 11.8 Å². The van der Waals surface area contributed by atoms with Gasteiger partial charge in [0.05, 0.1) is 7.11 Å². The third kappa shape index (κ3) is 1.95. The van der Waals surface area contributed by atoms with Crippen molar-refractivity contribution in [3.8, 4) is 0 Å². The Morgan fingerprint density at radius 3 is 2.50 bits per heavy atom.